The molecule has 0 unspecified atom stereocenters. The summed E-state index contributed by atoms with van der Waals surface area (Å²) in [6.07, 6.45) is 3.98. The van der Waals surface area contributed by atoms with E-state index in [0.717, 1.165) is 49.5 Å². The number of likely N-dealkylation sites (tertiary alicyclic amines) is 1. The van der Waals surface area contributed by atoms with Crippen LogP contribution in [0.4, 0.5) is 0 Å². The van der Waals surface area contributed by atoms with E-state index in [9.17, 15) is 9.59 Å². The lowest BCUT2D eigenvalue weighted by Gasteiger charge is -2.32. The Bertz CT molecular complexity index is 575. The summed E-state index contributed by atoms with van der Waals surface area (Å²) in [5.41, 5.74) is 3.02. The number of ketones is 1. The molecule has 0 aromatic heterocycles. The number of hydrogen-bond donors (Lipinski definition) is 1. The van der Waals surface area contributed by atoms with Gasteiger partial charge in [0.05, 0.1) is 0 Å². The molecule has 24 heavy (non-hydrogen) atoms. The molecule has 1 aliphatic rings. The summed E-state index contributed by atoms with van der Waals surface area (Å²) in [6, 6.07) is 5.76. The van der Waals surface area contributed by atoms with Crippen LogP contribution in [0, 0.1) is 19.8 Å². The molecule has 4 heteroatoms. The molecule has 1 aromatic carbocycles. The Kier molecular flexibility index (Phi) is 6.98. The third-order valence-electron chi connectivity index (χ3n) is 5.16. The lowest BCUT2D eigenvalue weighted by Crippen LogP contribution is -2.39. The third-order valence-corrected chi connectivity index (χ3v) is 5.16. The second-order valence-corrected chi connectivity index (χ2v) is 6.94. The Morgan fingerprint density at radius 3 is 2.46 bits per heavy atom. The van der Waals surface area contributed by atoms with E-state index in [4.69, 9.17) is 0 Å². The molecule has 1 aromatic rings. The fourth-order valence-corrected chi connectivity index (χ4v) is 3.26. The molecule has 4 nitrogen and oxygen atoms in total. The quantitative estimate of drug-likeness (QED) is 0.782. The van der Waals surface area contributed by atoms with Crippen LogP contribution in [0.15, 0.2) is 18.2 Å². The monoisotopic (exact) mass is 330 g/mol. The molecule has 1 N–H and O–H groups in total. The van der Waals surface area contributed by atoms with Crippen molar-refractivity contribution >= 4 is 11.7 Å². The lowest BCUT2D eigenvalue weighted by molar-refractivity contribution is -0.132. The maximum Gasteiger partial charge on any atom is 0.223 e. The second kappa shape index (κ2) is 8.97. The van der Waals surface area contributed by atoms with Gasteiger partial charge in [-0.15, -0.1) is 0 Å². The van der Waals surface area contributed by atoms with E-state index in [1.54, 1.807) is 0 Å². The van der Waals surface area contributed by atoms with E-state index < -0.39 is 0 Å². The van der Waals surface area contributed by atoms with Crippen molar-refractivity contribution in [2.45, 2.75) is 46.0 Å². The van der Waals surface area contributed by atoms with Crippen LogP contribution in [0.1, 0.15) is 53.6 Å². The first kappa shape index (κ1) is 18.7. The molecule has 1 fully saturated rings. The smallest absolute Gasteiger partial charge is 0.223 e. The molecular weight excluding hydrogens is 300 g/mol. The van der Waals surface area contributed by atoms with Crippen LogP contribution in [-0.4, -0.2) is 43.3 Å². The minimum absolute atomic E-state index is 0.0651. The summed E-state index contributed by atoms with van der Waals surface area (Å²) in [5, 5.41) is 3.19. The molecule has 2 rings (SSSR count). The minimum Gasteiger partial charge on any atom is -0.343 e. The highest BCUT2D eigenvalue weighted by molar-refractivity contribution is 5.98. The van der Waals surface area contributed by atoms with Crippen molar-refractivity contribution in [2.24, 2.45) is 5.92 Å². The van der Waals surface area contributed by atoms with Crippen LogP contribution in [0.5, 0.6) is 0 Å². The number of Topliss-reactive ketones (excluding diaryl/α,β-unsaturated/α-hetero) is 1. The SMILES string of the molecule is CNCCC1CCN(C(=O)CCC(=O)c2ccc(C)c(C)c2)CC1. The molecule has 0 radical (unpaired) electrons. The Balaban J connectivity index is 1.77. The number of carbonyl (C=O) groups is 2. The van der Waals surface area contributed by atoms with Crippen molar-refractivity contribution in [2.75, 3.05) is 26.7 Å². The van der Waals surface area contributed by atoms with Crippen molar-refractivity contribution in [1.82, 2.24) is 10.2 Å². The summed E-state index contributed by atoms with van der Waals surface area (Å²) in [5.74, 6) is 0.910. The zero-order valence-corrected chi connectivity index (χ0v) is 15.2. The zero-order chi connectivity index (χ0) is 17.5. The predicted octanol–water partition coefficient (Wildman–Crippen LogP) is 3.11. The van der Waals surface area contributed by atoms with Crippen LogP contribution in [0.2, 0.25) is 0 Å². The normalized spacial score (nSPS) is 15.5. The number of amides is 1. The van der Waals surface area contributed by atoms with Gasteiger partial charge in [-0.25, -0.2) is 0 Å². The van der Waals surface area contributed by atoms with Gasteiger partial charge in [-0.3, -0.25) is 9.59 Å². The highest BCUT2D eigenvalue weighted by Gasteiger charge is 2.22. The van der Waals surface area contributed by atoms with E-state index in [1.807, 2.05) is 44.0 Å². The summed E-state index contributed by atoms with van der Waals surface area (Å²) in [4.78, 5) is 26.6. The van der Waals surface area contributed by atoms with Gasteiger partial charge in [0.15, 0.2) is 5.78 Å². The van der Waals surface area contributed by atoms with Crippen LogP contribution in [0.25, 0.3) is 0 Å². The van der Waals surface area contributed by atoms with Crippen LogP contribution in [-0.2, 0) is 4.79 Å². The van der Waals surface area contributed by atoms with Crippen molar-refractivity contribution in [3.63, 3.8) is 0 Å². The summed E-state index contributed by atoms with van der Waals surface area (Å²) >= 11 is 0. The highest BCUT2D eigenvalue weighted by atomic mass is 16.2. The minimum atomic E-state index is 0.0651. The number of nitrogens with one attached hydrogen (secondary N) is 1. The first-order chi connectivity index (χ1) is 11.5. The number of hydrogen-bond acceptors (Lipinski definition) is 3. The molecule has 1 amide bonds. The van der Waals surface area contributed by atoms with Gasteiger partial charge in [0.2, 0.25) is 5.91 Å². The number of nitrogens with zero attached hydrogens (tertiary/aromatic N) is 1. The third kappa shape index (κ3) is 5.17. The zero-order valence-electron chi connectivity index (χ0n) is 15.2. The maximum atomic E-state index is 12.3. The first-order valence-electron chi connectivity index (χ1n) is 9.04. The molecule has 132 valence electrons. The molecule has 1 aliphatic heterocycles. The van der Waals surface area contributed by atoms with E-state index in [1.165, 1.54) is 12.0 Å². The van der Waals surface area contributed by atoms with Crippen LogP contribution >= 0.6 is 0 Å². The first-order valence-corrected chi connectivity index (χ1v) is 9.04. The van der Waals surface area contributed by atoms with Crippen molar-refractivity contribution < 1.29 is 9.59 Å². The molecule has 0 spiro atoms. The Hall–Kier alpha value is -1.68. The summed E-state index contributed by atoms with van der Waals surface area (Å²) in [6.45, 7) is 6.77. The van der Waals surface area contributed by atoms with Crippen LogP contribution in [0.3, 0.4) is 0 Å². The number of aryl methyl sites for hydroxylation is 2. The molecule has 0 atom stereocenters. The number of piperidine rings is 1. The predicted molar refractivity (Wildman–Crippen MR) is 97.3 cm³/mol. The van der Waals surface area contributed by atoms with E-state index in [-0.39, 0.29) is 11.7 Å². The standard InChI is InChI=1S/C20H30N2O2/c1-15-4-5-18(14-16(15)2)19(23)6-7-20(24)22-12-9-17(10-13-22)8-11-21-3/h4-5,14,17,21H,6-13H2,1-3H3. The topological polar surface area (TPSA) is 49.4 Å². The van der Waals surface area contributed by atoms with Crippen molar-refractivity contribution in [3.8, 4) is 0 Å². The van der Waals surface area contributed by atoms with Gasteiger partial charge >= 0.3 is 0 Å². The van der Waals surface area contributed by atoms with Gasteiger partial charge in [-0.1, -0.05) is 12.1 Å². The number of rotatable bonds is 7. The van der Waals surface area contributed by atoms with E-state index in [2.05, 4.69) is 5.32 Å². The maximum absolute atomic E-state index is 12.3. The molecule has 1 heterocycles. The lowest BCUT2D eigenvalue weighted by atomic mass is 9.93. The molecule has 0 bridgehead atoms. The molecule has 1 saturated heterocycles. The van der Waals surface area contributed by atoms with E-state index in [0.29, 0.717) is 12.8 Å². The number of benzene rings is 1. The Labute approximate surface area is 145 Å². The number of carbonyl (C=O) groups excluding carboxylic acids is 2. The van der Waals surface area contributed by atoms with E-state index >= 15 is 0 Å². The summed E-state index contributed by atoms with van der Waals surface area (Å²) in [7, 11) is 1.98. The van der Waals surface area contributed by atoms with Gasteiger partial charge in [-0.2, -0.15) is 0 Å². The largest absolute Gasteiger partial charge is 0.343 e. The fourth-order valence-electron chi connectivity index (χ4n) is 3.26. The molecule has 0 aliphatic carbocycles. The van der Waals surface area contributed by atoms with Crippen molar-refractivity contribution in [3.05, 3.63) is 34.9 Å². The van der Waals surface area contributed by atoms with Gasteiger partial charge < -0.3 is 10.2 Å². The Morgan fingerprint density at radius 1 is 1.12 bits per heavy atom. The summed E-state index contributed by atoms with van der Waals surface area (Å²) < 4.78 is 0. The van der Waals surface area contributed by atoms with Gasteiger partial charge in [-0.05, 0) is 69.8 Å². The molecular formula is C20H30N2O2. The average molecular weight is 330 g/mol. The second-order valence-electron chi connectivity index (χ2n) is 6.94. The average Bonchev–Trinajstić information content (AvgIpc) is 2.60. The van der Waals surface area contributed by atoms with Gasteiger partial charge in [0.1, 0.15) is 0 Å². The highest BCUT2D eigenvalue weighted by Crippen LogP contribution is 2.21. The van der Waals surface area contributed by atoms with Crippen LogP contribution < -0.4 is 5.32 Å². The van der Waals surface area contributed by atoms with Gasteiger partial charge in [0.25, 0.3) is 0 Å². The Morgan fingerprint density at radius 2 is 1.83 bits per heavy atom. The van der Waals surface area contributed by atoms with Gasteiger partial charge in [0, 0.05) is 31.5 Å². The molecule has 0 saturated carbocycles. The van der Waals surface area contributed by atoms with Crippen molar-refractivity contribution in [1.29, 1.82) is 0 Å². The fraction of sp³-hybridized carbons (Fsp3) is 0.600.